The summed E-state index contributed by atoms with van der Waals surface area (Å²) < 4.78 is 0. The third kappa shape index (κ3) is 20.1. The molecular formula is C39H54N2NiO2. The molecule has 0 bridgehead atoms. The Bertz CT molecular complexity index is 1150. The molecule has 0 aliphatic rings. The number of unbranched alkanes of at least 4 members (excludes halogenated alkanes) is 15. The normalized spacial score (nSPS) is 11.2. The largest absolute Gasteiger partial charge is 2.00 e. The fourth-order valence-electron chi connectivity index (χ4n) is 4.95. The van der Waals surface area contributed by atoms with Gasteiger partial charge in [-0.25, -0.2) is 0 Å². The molecule has 0 N–H and O–H groups in total. The number of para-hydroxylation sites is 2. The molecule has 0 unspecified atom stereocenters. The molecule has 3 aromatic carbocycles. The minimum atomic E-state index is -0.430. The summed E-state index contributed by atoms with van der Waals surface area (Å²) in [6, 6.07) is 24.6. The molecule has 0 saturated carbocycles. The van der Waals surface area contributed by atoms with Gasteiger partial charge in [-0.3, -0.25) is 9.98 Å². The zero-order valence-corrected chi connectivity index (χ0v) is 28.1. The van der Waals surface area contributed by atoms with Crippen LogP contribution in [0.2, 0.25) is 0 Å². The Kier molecular flexibility index (Phi) is 23.6. The number of rotatable bonds is 20. The predicted octanol–water partition coefficient (Wildman–Crippen LogP) is 11.0. The van der Waals surface area contributed by atoms with Crippen LogP contribution in [0.5, 0.6) is 11.5 Å². The van der Waals surface area contributed by atoms with Crippen LogP contribution in [0, 0.1) is 6.92 Å². The van der Waals surface area contributed by atoms with Crippen LogP contribution in [-0.2, 0) is 16.5 Å². The molecule has 5 heteroatoms. The fourth-order valence-corrected chi connectivity index (χ4v) is 4.95. The summed E-state index contributed by atoms with van der Waals surface area (Å²) in [5.41, 5.74) is 3.89. The number of benzene rings is 3. The second-order valence-electron chi connectivity index (χ2n) is 11.5. The van der Waals surface area contributed by atoms with Crippen molar-refractivity contribution in [1.82, 2.24) is 0 Å². The molecule has 0 aliphatic heterocycles. The van der Waals surface area contributed by atoms with Crippen LogP contribution in [0.15, 0.2) is 88.8 Å². The van der Waals surface area contributed by atoms with Crippen LogP contribution in [0.25, 0.3) is 0 Å². The maximum absolute atomic E-state index is 10.5. The SMILES string of the molecule is CCCCCCCCCCCCCCCCCCC(C=Nc1ccccc1)=Nc1ccccc1.Cc1ccc([O-])c([O-])c1.[Ni+2]. The Balaban J connectivity index is 0.000000827. The van der Waals surface area contributed by atoms with Gasteiger partial charge in [0.15, 0.2) is 0 Å². The molecule has 0 amide bonds. The second kappa shape index (κ2) is 26.5. The van der Waals surface area contributed by atoms with Gasteiger partial charge >= 0.3 is 16.5 Å². The van der Waals surface area contributed by atoms with Gasteiger partial charge in [0.2, 0.25) is 0 Å². The number of aryl methyl sites for hydroxylation is 1. The number of nitrogens with zero attached hydrogens (tertiary/aromatic N) is 2. The first-order chi connectivity index (χ1) is 21.1. The smallest absolute Gasteiger partial charge is 0.873 e. The number of aliphatic imine (C=N–C) groups is 2. The molecule has 0 radical (unpaired) electrons. The van der Waals surface area contributed by atoms with E-state index in [1.54, 1.807) is 13.0 Å². The predicted molar refractivity (Wildman–Crippen MR) is 182 cm³/mol. The zero-order chi connectivity index (χ0) is 30.8. The Hall–Kier alpha value is -2.91. The Labute approximate surface area is 278 Å². The van der Waals surface area contributed by atoms with E-state index in [2.05, 4.69) is 24.0 Å². The first-order valence-corrected chi connectivity index (χ1v) is 16.7. The maximum atomic E-state index is 10.5. The molecule has 242 valence electrons. The van der Waals surface area contributed by atoms with E-state index in [0.29, 0.717) is 0 Å². The topological polar surface area (TPSA) is 70.8 Å². The third-order valence-electron chi connectivity index (χ3n) is 7.53. The summed E-state index contributed by atoms with van der Waals surface area (Å²) in [4.78, 5) is 9.49. The minimum Gasteiger partial charge on any atom is -0.873 e. The van der Waals surface area contributed by atoms with E-state index in [1.807, 2.05) is 54.7 Å². The van der Waals surface area contributed by atoms with Crippen molar-refractivity contribution >= 4 is 23.3 Å². The van der Waals surface area contributed by atoms with E-state index in [-0.39, 0.29) is 16.5 Å². The molecule has 0 spiro atoms. The third-order valence-corrected chi connectivity index (χ3v) is 7.53. The van der Waals surface area contributed by atoms with Gasteiger partial charge in [-0.05, 0) is 44.0 Å². The molecule has 3 aromatic rings. The van der Waals surface area contributed by atoms with Crippen LogP contribution < -0.4 is 10.2 Å². The Morgan fingerprint density at radius 2 is 1.02 bits per heavy atom. The van der Waals surface area contributed by atoms with Gasteiger partial charge in [0.05, 0.1) is 17.1 Å². The average Bonchev–Trinajstić information content (AvgIpc) is 3.03. The van der Waals surface area contributed by atoms with Gasteiger partial charge in [-0.15, -0.1) is 11.5 Å². The average molecular weight is 642 g/mol. The molecule has 44 heavy (non-hydrogen) atoms. The van der Waals surface area contributed by atoms with Crippen LogP contribution >= 0.6 is 0 Å². The molecule has 3 rings (SSSR count). The van der Waals surface area contributed by atoms with E-state index >= 15 is 0 Å². The maximum Gasteiger partial charge on any atom is 2.00 e. The summed E-state index contributed by atoms with van der Waals surface area (Å²) in [6.45, 7) is 4.07. The summed E-state index contributed by atoms with van der Waals surface area (Å²) in [5, 5.41) is 21.0. The van der Waals surface area contributed by atoms with Crippen molar-refractivity contribution in [2.24, 2.45) is 9.98 Å². The van der Waals surface area contributed by atoms with Crippen LogP contribution in [0.1, 0.15) is 122 Å². The Morgan fingerprint density at radius 1 is 0.568 bits per heavy atom. The summed E-state index contributed by atoms with van der Waals surface area (Å²) >= 11 is 0. The standard InChI is InChI=1S/C32H48N2.C7H8O2.Ni/c1-2-3-4-5-6-7-8-9-10-11-12-13-14-15-16-19-28-32(34-31-26-22-18-23-27-31)29-33-30-24-20-17-21-25-30;1-5-2-3-6(8)7(9)4-5;/h17-18,20-27,29H,2-16,19,28H2,1H3;2-4,8-9H,1H3;/q;;+2/p-2. The van der Waals surface area contributed by atoms with Crippen molar-refractivity contribution in [2.75, 3.05) is 0 Å². The van der Waals surface area contributed by atoms with Crippen molar-refractivity contribution < 1.29 is 26.7 Å². The van der Waals surface area contributed by atoms with Gasteiger partial charge in [0, 0.05) is 6.21 Å². The number of hydrogen-bond acceptors (Lipinski definition) is 4. The summed E-state index contributed by atoms with van der Waals surface area (Å²) in [6.07, 6.45) is 25.3. The van der Waals surface area contributed by atoms with Crippen molar-refractivity contribution in [3.05, 3.63) is 84.4 Å². The van der Waals surface area contributed by atoms with Crippen molar-refractivity contribution in [2.45, 2.75) is 123 Å². The van der Waals surface area contributed by atoms with Gasteiger partial charge in [0.25, 0.3) is 0 Å². The van der Waals surface area contributed by atoms with Crippen molar-refractivity contribution in [1.29, 1.82) is 0 Å². The molecule has 0 fully saturated rings. The van der Waals surface area contributed by atoms with Crippen molar-refractivity contribution in [3.63, 3.8) is 0 Å². The first-order valence-electron chi connectivity index (χ1n) is 16.7. The second-order valence-corrected chi connectivity index (χ2v) is 11.5. The molecule has 4 nitrogen and oxygen atoms in total. The van der Waals surface area contributed by atoms with Crippen LogP contribution in [0.3, 0.4) is 0 Å². The number of hydrogen-bond donors (Lipinski definition) is 0. The summed E-state index contributed by atoms with van der Waals surface area (Å²) in [7, 11) is 0. The molecule has 0 aliphatic carbocycles. The van der Waals surface area contributed by atoms with Gasteiger partial charge < -0.3 is 10.2 Å². The fraction of sp³-hybridized carbons (Fsp3) is 0.487. The molecule has 0 aromatic heterocycles. The van der Waals surface area contributed by atoms with Crippen LogP contribution in [0.4, 0.5) is 11.4 Å². The minimum absolute atomic E-state index is 0. The monoisotopic (exact) mass is 640 g/mol. The van der Waals surface area contributed by atoms with Gasteiger partial charge in [-0.2, -0.15) is 0 Å². The molecular weight excluding hydrogens is 587 g/mol. The van der Waals surface area contributed by atoms with E-state index in [1.165, 1.54) is 115 Å². The van der Waals surface area contributed by atoms with Crippen LogP contribution in [-0.4, -0.2) is 11.9 Å². The summed E-state index contributed by atoms with van der Waals surface area (Å²) in [5.74, 6) is -0.851. The zero-order valence-electron chi connectivity index (χ0n) is 27.1. The van der Waals surface area contributed by atoms with E-state index in [0.717, 1.165) is 29.1 Å². The van der Waals surface area contributed by atoms with E-state index < -0.39 is 11.5 Å². The quantitative estimate of drug-likeness (QED) is 0.0700. The molecule has 0 heterocycles. The van der Waals surface area contributed by atoms with Gasteiger partial charge in [-0.1, -0.05) is 163 Å². The van der Waals surface area contributed by atoms with Gasteiger partial charge in [0.1, 0.15) is 0 Å². The Morgan fingerprint density at radius 3 is 1.48 bits per heavy atom. The molecule has 0 atom stereocenters. The van der Waals surface area contributed by atoms with Crippen molar-refractivity contribution in [3.8, 4) is 11.5 Å². The van der Waals surface area contributed by atoms with E-state index in [4.69, 9.17) is 4.99 Å². The molecule has 0 saturated heterocycles. The first kappa shape index (κ1) is 39.1. The van der Waals surface area contributed by atoms with E-state index in [9.17, 15) is 10.2 Å².